The Morgan fingerprint density at radius 1 is 1.27 bits per heavy atom. The van der Waals surface area contributed by atoms with Crippen molar-refractivity contribution in [3.05, 3.63) is 35.9 Å². The van der Waals surface area contributed by atoms with Crippen molar-refractivity contribution in [1.82, 2.24) is 15.1 Å². The Hall–Kier alpha value is -0.900. The highest BCUT2D eigenvalue weighted by atomic mass is 127. The molecule has 2 aliphatic heterocycles. The number of guanidine groups is 1. The van der Waals surface area contributed by atoms with Gasteiger partial charge in [0.2, 0.25) is 0 Å². The van der Waals surface area contributed by atoms with Crippen molar-refractivity contribution < 1.29 is 9.47 Å². The van der Waals surface area contributed by atoms with E-state index >= 15 is 0 Å². The van der Waals surface area contributed by atoms with Gasteiger partial charge in [-0.2, -0.15) is 0 Å². The number of fused-ring (bicyclic) bond motifs is 1. The van der Waals surface area contributed by atoms with Crippen molar-refractivity contribution in [1.29, 1.82) is 0 Å². The predicted octanol–water partition coefficient (Wildman–Crippen LogP) is 2.97. The van der Waals surface area contributed by atoms with Gasteiger partial charge in [0.1, 0.15) is 0 Å². The zero-order valence-electron chi connectivity index (χ0n) is 18.4. The molecule has 1 N–H and O–H groups in total. The third kappa shape index (κ3) is 5.87. The summed E-state index contributed by atoms with van der Waals surface area (Å²) in [5, 5.41) is 3.53. The zero-order chi connectivity index (χ0) is 20.1. The van der Waals surface area contributed by atoms with E-state index in [0.29, 0.717) is 11.5 Å². The molecular formula is C23H37IN4O2. The van der Waals surface area contributed by atoms with Crippen LogP contribution in [0.4, 0.5) is 0 Å². The number of rotatable bonds is 8. The van der Waals surface area contributed by atoms with Crippen molar-refractivity contribution in [2.75, 3.05) is 53.0 Å². The lowest BCUT2D eigenvalue weighted by Crippen LogP contribution is -2.50. The van der Waals surface area contributed by atoms with Crippen LogP contribution in [0.5, 0.6) is 0 Å². The third-order valence-electron chi connectivity index (χ3n) is 6.64. The summed E-state index contributed by atoms with van der Waals surface area (Å²) >= 11 is 0. The summed E-state index contributed by atoms with van der Waals surface area (Å²) in [6, 6.07) is 11.2. The standard InChI is InChI=1S/C23H36N4O2.HI/c1-3-24-22(25-18-23(9-10-23)11-13-28-2)27-16-20-21(17-27)29-14-12-26(20)15-19-7-5-4-6-8-19;/h4-8,20-21H,3,9-18H2,1-2H3,(H,24,25);1H. The first-order chi connectivity index (χ1) is 14.2. The van der Waals surface area contributed by atoms with Crippen molar-refractivity contribution in [3.8, 4) is 0 Å². The highest BCUT2D eigenvalue weighted by Gasteiger charge is 2.43. The molecule has 0 amide bonds. The lowest BCUT2D eigenvalue weighted by Gasteiger charge is -2.36. The molecule has 2 atom stereocenters. The fourth-order valence-corrected chi connectivity index (χ4v) is 4.60. The molecule has 7 heteroatoms. The van der Waals surface area contributed by atoms with Crippen LogP contribution in [0, 0.1) is 5.41 Å². The number of ether oxygens (including phenoxy) is 2. The van der Waals surface area contributed by atoms with Gasteiger partial charge in [-0.1, -0.05) is 30.3 Å². The van der Waals surface area contributed by atoms with Crippen molar-refractivity contribution in [2.45, 2.75) is 44.9 Å². The van der Waals surface area contributed by atoms with Crippen LogP contribution in [0.2, 0.25) is 0 Å². The van der Waals surface area contributed by atoms with E-state index in [2.05, 4.69) is 52.4 Å². The topological polar surface area (TPSA) is 49.3 Å². The second kappa shape index (κ2) is 11.1. The van der Waals surface area contributed by atoms with Crippen LogP contribution in [0.3, 0.4) is 0 Å². The van der Waals surface area contributed by atoms with Gasteiger partial charge < -0.3 is 19.7 Å². The van der Waals surface area contributed by atoms with E-state index in [4.69, 9.17) is 14.5 Å². The number of hydrogen-bond donors (Lipinski definition) is 1. The van der Waals surface area contributed by atoms with Gasteiger partial charge in [0, 0.05) is 53.0 Å². The minimum absolute atomic E-state index is 0. The average Bonchev–Trinajstić information content (AvgIpc) is 3.38. The largest absolute Gasteiger partial charge is 0.385 e. The van der Waals surface area contributed by atoms with E-state index in [0.717, 1.165) is 64.9 Å². The lowest BCUT2D eigenvalue weighted by molar-refractivity contribution is -0.0502. The molecule has 2 unspecified atom stereocenters. The molecule has 168 valence electrons. The van der Waals surface area contributed by atoms with E-state index in [1.807, 2.05) is 0 Å². The minimum atomic E-state index is 0. The summed E-state index contributed by atoms with van der Waals surface area (Å²) in [5.41, 5.74) is 1.75. The number of hydrogen-bond acceptors (Lipinski definition) is 4. The van der Waals surface area contributed by atoms with Crippen LogP contribution >= 0.6 is 24.0 Å². The van der Waals surface area contributed by atoms with E-state index in [1.54, 1.807) is 7.11 Å². The second-order valence-corrected chi connectivity index (χ2v) is 8.75. The highest BCUT2D eigenvalue weighted by molar-refractivity contribution is 14.0. The smallest absolute Gasteiger partial charge is 0.194 e. The molecule has 0 radical (unpaired) electrons. The molecule has 0 spiro atoms. The van der Waals surface area contributed by atoms with Crippen LogP contribution in [-0.4, -0.2) is 81.0 Å². The Labute approximate surface area is 198 Å². The molecule has 2 saturated heterocycles. The fraction of sp³-hybridized carbons (Fsp3) is 0.696. The number of nitrogens with one attached hydrogen (secondary N) is 1. The summed E-state index contributed by atoms with van der Waals surface area (Å²) in [7, 11) is 1.79. The van der Waals surface area contributed by atoms with E-state index in [-0.39, 0.29) is 30.1 Å². The molecule has 0 bridgehead atoms. The number of aliphatic imine (C=N–C) groups is 1. The number of nitrogens with zero attached hydrogens (tertiary/aromatic N) is 3. The summed E-state index contributed by atoms with van der Waals surface area (Å²) in [5.74, 6) is 1.05. The predicted molar refractivity (Wildman–Crippen MR) is 132 cm³/mol. The first-order valence-electron chi connectivity index (χ1n) is 11.1. The molecule has 1 aromatic carbocycles. The Morgan fingerprint density at radius 3 is 2.77 bits per heavy atom. The van der Waals surface area contributed by atoms with Gasteiger partial charge in [-0.15, -0.1) is 24.0 Å². The van der Waals surface area contributed by atoms with Gasteiger partial charge in [0.25, 0.3) is 0 Å². The summed E-state index contributed by atoms with van der Waals surface area (Å²) in [6.07, 6.45) is 3.93. The van der Waals surface area contributed by atoms with Crippen LogP contribution in [0.25, 0.3) is 0 Å². The molecule has 1 aliphatic carbocycles. The van der Waals surface area contributed by atoms with Gasteiger partial charge in [0.15, 0.2) is 5.96 Å². The van der Waals surface area contributed by atoms with Crippen molar-refractivity contribution in [3.63, 3.8) is 0 Å². The number of morpholine rings is 1. The van der Waals surface area contributed by atoms with Crippen LogP contribution < -0.4 is 5.32 Å². The zero-order valence-corrected chi connectivity index (χ0v) is 20.7. The van der Waals surface area contributed by atoms with Crippen LogP contribution in [-0.2, 0) is 16.0 Å². The number of benzene rings is 1. The van der Waals surface area contributed by atoms with Crippen LogP contribution in [0.1, 0.15) is 31.7 Å². The maximum atomic E-state index is 6.16. The Morgan fingerprint density at radius 2 is 2.07 bits per heavy atom. The normalized spacial score (nSPS) is 25.5. The maximum absolute atomic E-state index is 6.16. The average molecular weight is 528 g/mol. The van der Waals surface area contributed by atoms with E-state index in [1.165, 1.54) is 18.4 Å². The molecule has 4 rings (SSSR count). The Kier molecular flexibility index (Phi) is 8.80. The fourth-order valence-electron chi connectivity index (χ4n) is 4.60. The quantitative estimate of drug-likeness (QED) is 0.320. The number of likely N-dealkylation sites (tertiary alicyclic amines) is 1. The molecule has 1 saturated carbocycles. The van der Waals surface area contributed by atoms with Crippen molar-refractivity contribution >= 4 is 29.9 Å². The van der Waals surface area contributed by atoms with E-state index < -0.39 is 0 Å². The Bertz CT molecular complexity index is 683. The molecule has 30 heavy (non-hydrogen) atoms. The first-order valence-corrected chi connectivity index (χ1v) is 11.1. The molecule has 1 aromatic rings. The summed E-state index contributed by atoms with van der Waals surface area (Å²) in [6.45, 7) is 9.49. The van der Waals surface area contributed by atoms with Gasteiger partial charge >= 0.3 is 0 Å². The number of methoxy groups -OCH3 is 1. The van der Waals surface area contributed by atoms with E-state index in [9.17, 15) is 0 Å². The van der Waals surface area contributed by atoms with Gasteiger partial charge in [-0.25, -0.2) is 0 Å². The van der Waals surface area contributed by atoms with Gasteiger partial charge in [-0.3, -0.25) is 9.89 Å². The molecular weight excluding hydrogens is 491 g/mol. The molecule has 3 fully saturated rings. The monoisotopic (exact) mass is 528 g/mol. The summed E-state index contributed by atoms with van der Waals surface area (Å²) in [4.78, 5) is 10.1. The van der Waals surface area contributed by atoms with Crippen LogP contribution in [0.15, 0.2) is 35.3 Å². The lowest BCUT2D eigenvalue weighted by atomic mass is 10.0. The summed E-state index contributed by atoms with van der Waals surface area (Å²) < 4.78 is 11.5. The Balaban J connectivity index is 0.00000256. The van der Waals surface area contributed by atoms with Gasteiger partial charge in [0.05, 0.1) is 18.8 Å². The van der Waals surface area contributed by atoms with Gasteiger partial charge in [-0.05, 0) is 37.2 Å². The molecule has 3 aliphatic rings. The molecule has 6 nitrogen and oxygen atoms in total. The molecule has 2 heterocycles. The van der Waals surface area contributed by atoms with Crippen molar-refractivity contribution in [2.24, 2.45) is 10.4 Å². The SMILES string of the molecule is CCNC(=NCC1(CCOC)CC1)N1CC2OCCN(Cc3ccccc3)C2C1.I. The third-order valence-corrected chi connectivity index (χ3v) is 6.64. The number of halogens is 1. The second-order valence-electron chi connectivity index (χ2n) is 8.75. The first kappa shape index (κ1) is 23.8. The highest BCUT2D eigenvalue weighted by Crippen LogP contribution is 2.49. The minimum Gasteiger partial charge on any atom is -0.385 e. The maximum Gasteiger partial charge on any atom is 0.194 e. The molecule has 0 aromatic heterocycles.